The molecule has 0 spiro atoms. The highest BCUT2D eigenvalue weighted by molar-refractivity contribution is 6.31. The SMILES string of the molecule is CCCCOC(=O)c1nc2c([N+](=O)[O-])cnn2c(Cl)c1CCCl. The van der Waals surface area contributed by atoms with E-state index < -0.39 is 10.9 Å². The molecule has 10 heteroatoms. The molecule has 0 N–H and O–H groups in total. The van der Waals surface area contributed by atoms with Gasteiger partial charge in [-0.25, -0.2) is 9.78 Å². The first-order valence-corrected chi connectivity index (χ1v) is 7.86. The summed E-state index contributed by atoms with van der Waals surface area (Å²) in [6.07, 6.45) is 2.86. The van der Waals surface area contributed by atoms with Gasteiger partial charge in [0.15, 0.2) is 5.69 Å². The summed E-state index contributed by atoms with van der Waals surface area (Å²) in [5, 5.41) is 14.9. The summed E-state index contributed by atoms with van der Waals surface area (Å²) < 4.78 is 6.25. The molecule has 0 saturated heterocycles. The summed E-state index contributed by atoms with van der Waals surface area (Å²) in [5.41, 5.74) is -0.163. The molecule has 0 fully saturated rings. The minimum absolute atomic E-state index is 0.0613. The maximum Gasteiger partial charge on any atom is 0.357 e. The third-order valence-electron chi connectivity index (χ3n) is 3.13. The van der Waals surface area contributed by atoms with E-state index in [0.717, 1.165) is 17.1 Å². The van der Waals surface area contributed by atoms with Crippen molar-refractivity contribution in [1.29, 1.82) is 0 Å². The zero-order valence-electron chi connectivity index (χ0n) is 12.3. The Labute approximate surface area is 141 Å². The van der Waals surface area contributed by atoms with Crippen LogP contribution < -0.4 is 0 Å². The lowest BCUT2D eigenvalue weighted by molar-refractivity contribution is -0.383. The average molecular weight is 361 g/mol. The van der Waals surface area contributed by atoms with Crippen molar-refractivity contribution in [3.63, 3.8) is 0 Å². The highest BCUT2D eigenvalue weighted by atomic mass is 35.5. The van der Waals surface area contributed by atoms with Crippen molar-refractivity contribution in [1.82, 2.24) is 14.6 Å². The van der Waals surface area contributed by atoms with Crippen molar-refractivity contribution in [2.45, 2.75) is 26.2 Å². The molecule has 124 valence electrons. The van der Waals surface area contributed by atoms with Crippen LogP contribution in [0.2, 0.25) is 5.15 Å². The van der Waals surface area contributed by atoms with Crippen molar-refractivity contribution in [2.24, 2.45) is 0 Å². The van der Waals surface area contributed by atoms with Crippen LogP contribution in [0.4, 0.5) is 5.69 Å². The van der Waals surface area contributed by atoms with Crippen molar-refractivity contribution in [3.05, 3.63) is 32.7 Å². The predicted octanol–water partition coefficient (Wildman–Crippen LogP) is 3.03. The fourth-order valence-electron chi connectivity index (χ4n) is 1.97. The molecule has 2 heterocycles. The van der Waals surface area contributed by atoms with E-state index in [1.165, 1.54) is 0 Å². The fraction of sp³-hybridized carbons (Fsp3) is 0.462. The standard InChI is InChI=1S/C13H14Cl2N4O4/c1-2-3-6-23-13(20)10-8(4-5-14)11(15)18-12(17-10)9(7-16-18)19(21)22/h7H,2-6H2,1H3. The molecular weight excluding hydrogens is 347 g/mol. The topological polar surface area (TPSA) is 99.6 Å². The molecular formula is C13H14Cl2N4O4. The summed E-state index contributed by atoms with van der Waals surface area (Å²) in [6.45, 7) is 2.20. The maximum absolute atomic E-state index is 12.2. The van der Waals surface area contributed by atoms with E-state index in [-0.39, 0.29) is 41.1 Å². The normalized spacial score (nSPS) is 10.9. The van der Waals surface area contributed by atoms with Gasteiger partial charge in [0, 0.05) is 11.4 Å². The molecule has 0 aliphatic carbocycles. The molecule has 0 bridgehead atoms. The van der Waals surface area contributed by atoms with Gasteiger partial charge in [0.25, 0.3) is 0 Å². The number of halogens is 2. The van der Waals surface area contributed by atoms with Crippen LogP contribution in [-0.4, -0.2) is 38.0 Å². The van der Waals surface area contributed by atoms with Crippen LogP contribution in [0.1, 0.15) is 35.8 Å². The van der Waals surface area contributed by atoms with E-state index in [2.05, 4.69) is 10.1 Å². The summed E-state index contributed by atoms with van der Waals surface area (Å²) in [4.78, 5) is 26.7. The second kappa shape index (κ2) is 7.56. The number of nitrogens with zero attached hydrogens (tertiary/aromatic N) is 4. The molecule has 2 aromatic heterocycles. The third kappa shape index (κ3) is 3.53. The van der Waals surface area contributed by atoms with Crippen LogP contribution in [0.15, 0.2) is 6.20 Å². The lowest BCUT2D eigenvalue weighted by Crippen LogP contribution is -2.15. The van der Waals surface area contributed by atoms with Crippen molar-refractivity contribution in [2.75, 3.05) is 12.5 Å². The van der Waals surface area contributed by atoms with Gasteiger partial charge in [0.2, 0.25) is 5.65 Å². The number of rotatable bonds is 7. The first kappa shape index (κ1) is 17.4. The number of esters is 1. The molecule has 0 aliphatic heterocycles. The van der Waals surface area contributed by atoms with E-state index in [9.17, 15) is 14.9 Å². The van der Waals surface area contributed by atoms with Gasteiger partial charge >= 0.3 is 11.7 Å². The van der Waals surface area contributed by atoms with Gasteiger partial charge in [-0.3, -0.25) is 10.1 Å². The molecule has 8 nitrogen and oxygen atoms in total. The number of hydrogen-bond acceptors (Lipinski definition) is 6. The maximum atomic E-state index is 12.2. The number of unbranched alkanes of at least 4 members (excludes halogenated alkanes) is 1. The van der Waals surface area contributed by atoms with E-state index in [0.29, 0.717) is 12.0 Å². The van der Waals surface area contributed by atoms with Gasteiger partial charge in [-0.1, -0.05) is 24.9 Å². The molecule has 0 aliphatic rings. The Hall–Kier alpha value is -1.93. The van der Waals surface area contributed by atoms with Crippen molar-refractivity contribution < 1.29 is 14.5 Å². The summed E-state index contributed by atoms with van der Waals surface area (Å²) in [5.74, 6) is -0.482. The van der Waals surface area contributed by atoms with E-state index in [4.69, 9.17) is 27.9 Å². The number of aromatic nitrogens is 3. The van der Waals surface area contributed by atoms with Crippen LogP contribution in [0.25, 0.3) is 5.65 Å². The van der Waals surface area contributed by atoms with Gasteiger partial charge in [0.05, 0.1) is 11.5 Å². The number of alkyl halides is 1. The Bertz CT molecular complexity index is 747. The van der Waals surface area contributed by atoms with Gasteiger partial charge in [-0.2, -0.15) is 9.61 Å². The fourth-order valence-corrected chi connectivity index (χ4v) is 2.47. The molecule has 0 unspecified atom stereocenters. The highest BCUT2D eigenvalue weighted by Crippen LogP contribution is 2.26. The van der Waals surface area contributed by atoms with Crippen LogP contribution in [-0.2, 0) is 11.2 Å². The molecule has 0 atom stereocenters. The van der Waals surface area contributed by atoms with Gasteiger partial charge in [0.1, 0.15) is 11.3 Å². The predicted molar refractivity (Wildman–Crippen MR) is 84.3 cm³/mol. The van der Waals surface area contributed by atoms with Crippen LogP contribution in [0.3, 0.4) is 0 Å². The molecule has 0 radical (unpaired) electrons. The third-order valence-corrected chi connectivity index (χ3v) is 3.71. The molecule has 0 amide bonds. The number of carbonyl (C=O) groups excluding carboxylic acids is 1. The van der Waals surface area contributed by atoms with Gasteiger partial charge < -0.3 is 4.74 Å². The van der Waals surface area contributed by atoms with Crippen LogP contribution in [0, 0.1) is 10.1 Å². The van der Waals surface area contributed by atoms with Gasteiger partial charge in [-0.05, 0) is 12.8 Å². The zero-order chi connectivity index (χ0) is 17.0. The average Bonchev–Trinajstić information content (AvgIpc) is 2.94. The number of fused-ring (bicyclic) bond motifs is 1. The Morgan fingerprint density at radius 1 is 1.52 bits per heavy atom. The lowest BCUT2D eigenvalue weighted by atomic mass is 10.2. The van der Waals surface area contributed by atoms with Crippen molar-refractivity contribution in [3.8, 4) is 0 Å². The minimum Gasteiger partial charge on any atom is -0.461 e. The smallest absolute Gasteiger partial charge is 0.357 e. The highest BCUT2D eigenvalue weighted by Gasteiger charge is 2.26. The quantitative estimate of drug-likeness (QED) is 0.188. The minimum atomic E-state index is -0.682. The van der Waals surface area contributed by atoms with Crippen LogP contribution in [0.5, 0.6) is 0 Å². The monoisotopic (exact) mass is 360 g/mol. The summed E-state index contributed by atoms with van der Waals surface area (Å²) in [7, 11) is 0. The second-order valence-corrected chi connectivity index (χ2v) is 5.42. The second-order valence-electron chi connectivity index (χ2n) is 4.68. The molecule has 0 aromatic carbocycles. The molecule has 23 heavy (non-hydrogen) atoms. The number of carbonyl (C=O) groups is 1. The van der Waals surface area contributed by atoms with Crippen molar-refractivity contribution >= 4 is 40.5 Å². The Morgan fingerprint density at radius 3 is 2.87 bits per heavy atom. The summed E-state index contributed by atoms with van der Waals surface area (Å²) >= 11 is 12.0. The Morgan fingerprint density at radius 2 is 2.26 bits per heavy atom. The van der Waals surface area contributed by atoms with E-state index >= 15 is 0 Å². The molecule has 2 rings (SSSR count). The Balaban J connectivity index is 2.55. The van der Waals surface area contributed by atoms with E-state index in [1.807, 2.05) is 6.92 Å². The number of nitro groups is 1. The first-order valence-electron chi connectivity index (χ1n) is 6.94. The Kier molecular flexibility index (Phi) is 5.73. The lowest BCUT2D eigenvalue weighted by Gasteiger charge is -2.10. The van der Waals surface area contributed by atoms with Crippen LogP contribution >= 0.6 is 23.2 Å². The number of hydrogen-bond donors (Lipinski definition) is 0. The summed E-state index contributed by atoms with van der Waals surface area (Å²) in [6, 6.07) is 0. The largest absolute Gasteiger partial charge is 0.461 e. The van der Waals surface area contributed by atoms with Gasteiger partial charge in [-0.15, -0.1) is 11.6 Å². The molecule has 2 aromatic rings. The zero-order valence-corrected chi connectivity index (χ0v) is 13.8. The first-order chi connectivity index (χ1) is 11.0. The molecule has 0 saturated carbocycles. The van der Waals surface area contributed by atoms with E-state index in [1.54, 1.807) is 0 Å². The number of ether oxygens (including phenoxy) is 1.